The fourth-order valence-electron chi connectivity index (χ4n) is 0.912. The van der Waals surface area contributed by atoms with Gasteiger partial charge in [0.2, 0.25) is 0 Å². The van der Waals surface area contributed by atoms with E-state index in [2.05, 4.69) is 0 Å². The summed E-state index contributed by atoms with van der Waals surface area (Å²) in [5.41, 5.74) is 0. The minimum Gasteiger partial charge on any atom is -0.743 e. The Kier molecular flexibility index (Phi) is 6.90. The summed E-state index contributed by atoms with van der Waals surface area (Å²) in [6.45, 7) is 0. The van der Waals surface area contributed by atoms with E-state index in [1.807, 2.05) is 0 Å². The average Bonchev–Trinajstić information content (AvgIpc) is 2.24. The summed E-state index contributed by atoms with van der Waals surface area (Å²) < 4.78 is 189. The van der Waals surface area contributed by atoms with Gasteiger partial charge in [-0.3, -0.25) is 0 Å². The molecule has 0 aliphatic rings. The Balaban J connectivity index is 0. The standard InChI is InChI=1S/C6HF13O3S.Na/c7-1(8,3(11,12)5(15,16)17)2(9,10)4(13,14)6(18,19)23(20,21)22;/h(H,20,21,22);/q;+1/p-1/i2+1,4+1,6+1;. The molecule has 24 heavy (non-hydrogen) atoms. The van der Waals surface area contributed by atoms with E-state index < -0.39 is 45.2 Å². The van der Waals surface area contributed by atoms with E-state index in [-0.39, 0.29) is 29.6 Å². The van der Waals surface area contributed by atoms with Crippen LogP contribution >= 0.6 is 0 Å². The van der Waals surface area contributed by atoms with Gasteiger partial charge in [-0.1, -0.05) is 0 Å². The van der Waals surface area contributed by atoms with Crippen molar-refractivity contribution in [1.29, 1.82) is 0 Å². The second kappa shape index (κ2) is 6.31. The minimum absolute atomic E-state index is 0. The second-order valence-electron chi connectivity index (χ2n) is 3.77. The van der Waals surface area contributed by atoms with Gasteiger partial charge >= 0.3 is 64.7 Å². The first-order valence-corrected chi connectivity index (χ1v) is 5.82. The zero-order valence-electron chi connectivity index (χ0n) is 10.5. The molecule has 0 spiro atoms. The first-order valence-electron chi connectivity index (χ1n) is 4.41. The molecule has 0 aromatic heterocycles. The Bertz CT molecular complexity index is 565. The maximum Gasteiger partial charge on any atom is 1.00 e. The van der Waals surface area contributed by atoms with Crippen molar-refractivity contribution in [2.45, 2.75) is 35.1 Å². The summed E-state index contributed by atoms with van der Waals surface area (Å²) in [5, 5.41) is -7.63. The van der Waals surface area contributed by atoms with Gasteiger partial charge in [-0.05, 0) is 0 Å². The fraction of sp³-hybridized carbons (Fsp3) is 1.00. The molecule has 0 aromatic rings. The number of hydrogen-bond acceptors (Lipinski definition) is 3. The zero-order valence-corrected chi connectivity index (χ0v) is 13.4. The predicted molar refractivity (Wildman–Crippen MR) is 40.5 cm³/mol. The van der Waals surface area contributed by atoms with Crippen molar-refractivity contribution in [3.05, 3.63) is 0 Å². The third-order valence-corrected chi connectivity index (χ3v) is 3.10. The van der Waals surface area contributed by atoms with E-state index in [4.69, 9.17) is 0 Å². The summed E-state index contributed by atoms with van der Waals surface area (Å²) in [5.74, 6) is -32.6. The molecule has 0 rings (SSSR count). The molecule has 0 unspecified atom stereocenters. The Morgan fingerprint density at radius 2 is 0.792 bits per heavy atom. The minimum atomic E-state index is -8.29. The van der Waals surface area contributed by atoms with Crippen LogP contribution in [0.5, 0.6) is 0 Å². The van der Waals surface area contributed by atoms with Gasteiger partial charge in [-0.25, -0.2) is 8.42 Å². The Labute approximate surface area is 145 Å². The average molecular weight is 425 g/mol. The van der Waals surface area contributed by atoms with Crippen LogP contribution < -0.4 is 29.6 Å². The molecule has 0 saturated carbocycles. The van der Waals surface area contributed by atoms with Gasteiger partial charge in [0.1, 0.15) is 0 Å². The van der Waals surface area contributed by atoms with Crippen molar-refractivity contribution in [3.63, 3.8) is 0 Å². The van der Waals surface area contributed by atoms with Gasteiger partial charge in [0, 0.05) is 0 Å². The molecule has 0 heterocycles. The van der Waals surface area contributed by atoms with E-state index in [0.29, 0.717) is 0 Å². The molecule has 0 radical (unpaired) electrons. The van der Waals surface area contributed by atoms with Crippen LogP contribution in [0.25, 0.3) is 0 Å². The summed E-state index contributed by atoms with van der Waals surface area (Å²) >= 11 is 0. The summed E-state index contributed by atoms with van der Waals surface area (Å²) in [7, 11) is -7.86. The topological polar surface area (TPSA) is 57.2 Å². The Morgan fingerprint density at radius 1 is 0.542 bits per heavy atom. The molecular weight excluding hydrogens is 425 g/mol. The summed E-state index contributed by atoms with van der Waals surface area (Å²) in [6.07, 6.45) is -7.61. The third kappa shape index (κ3) is 3.33. The fourth-order valence-corrected chi connectivity index (χ4v) is 1.35. The summed E-state index contributed by atoms with van der Waals surface area (Å²) in [6, 6.07) is 0. The third-order valence-electron chi connectivity index (χ3n) is 2.22. The van der Waals surface area contributed by atoms with Crippen LogP contribution in [0.1, 0.15) is 0 Å². The van der Waals surface area contributed by atoms with E-state index in [1.165, 1.54) is 0 Å². The molecule has 0 N–H and O–H groups in total. The molecule has 18 heteroatoms. The Hall–Kier alpha value is -0.000000000000000444. The Morgan fingerprint density at radius 3 is 1.00 bits per heavy atom. The van der Waals surface area contributed by atoms with Gasteiger partial charge in [-0.2, -0.15) is 57.1 Å². The SMILES string of the molecule is O=S(=O)([O-])[13C](F)(F)[13C](F)(F)[13C](F)(F)C(F)(F)C(F)(F)C(F)(F)F.[Na+]. The molecule has 0 saturated heterocycles. The monoisotopic (exact) mass is 425 g/mol. The predicted octanol–water partition coefficient (Wildman–Crippen LogP) is 0.232. The van der Waals surface area contributed by atoms with E-state index >= 15 is 0 Å². The van der Waals surface area contributed by atoms with Crippen molar-refractivity contribution in [3.8, 4) is 0 Å². The van der Waals surface area contributed by atoms with E-state index in [0.717, 1.165) is 0 Å². The second-order valence-corrected chi connectivity index (χ2v) is 5.19. The van der Waals surface area contributed by atoms with Crippen LogP contribution in [0.4, 0.5) is 57.1 Å². The van der Waals surface area contributed by atoms with Gasteiger partial charge in [0.05, 0.1) is 0 Å². The molecule has 140 valence electrons. The van der Waals surface area contributed by atoms with Crippen molar-refractivity contribution in [2.24, 2.45) is 0 Å². The largest absolute Gasteiger partial charge is 1.00 e. The normalized spacial score (nSPS) is 15.9. The van der Waals surface area contributed by atoms with Crippen LogP contribution in [0.3, 0.4) is 0 Å². The number of halogens is 13. The molecular formula is C6F13NaO3S. The van der Waals surface area contributed by atoms with Gasteiger partial charge in [0.25, 0.3) is 0 Å². The van der Waals surface area contributed by atoms with E-state index in [9.17, 15) is 70.0 Å². The van der Waals surface area contributed by atoms with Crippen LogP contribution in [-0.4, -0.2) is 48.1 Å². The molecule has 3 nitrogen and oxygen atoms in total. The molecule has 0 aliphatic carbocycles. The van der Waals surface area contributed by atoms with Crippen LogP contribution in [0.15, 0.2) is 0 Å². The van der Waals surface area contributed by atoms with E-state index in [1.54, 1.807) is 0 Å². The van der Waals surface area contributed by atoms with Crippen LogP contribution in [-0.2, 0) is 10.1 Å². The van der Waals surface area contributed by atoms with Crippen LogP contribution in [0.2, 0.25) is 0 Å². The number of alkyl halides is 13. The van der Waals surface area contributed by atoms with Gasteiger partial charge < -0.3 is 4.55 Å². The van der Waals surface area contributed by atoms with Crippen LogP contribution in [0, 0.1) is 0 Å². The summed E-state index contributed by atoms with van der Waals surface area (Å²) in [4.78, 5) is 0. The molecule has 0 amide bonds. The number of rotatable bonds is 5. The molecule has 0 aromatic carbocycles. The first-order chi connectivity index (χ1) is 9.50. The van der Waals surface area contributed by atoms with Crippen molar-refractivity contribution >= 4 is 10.1 Å². The van der Waals surface area contributed by atoms with Gasteiger partial charge in [0.15, 0.2) is 10.1 Å². The zero-order chi connectivity index (χ0) is 19.5. The number of hydrogen-bond donors (Lipinski definition) is 0. The molecule has 0 fully saturated rings. The maximum atomic E-state index is 12.7. The van der Waals surface area contributed by atoms with Crippen molar-refractivity contribution < 1.29 is 99.6 Å². The first kappa shape index (κ1) is 26.2. The quantitative estimate of drug-likeness (QED) is 0.275. The molecule has 0 aliphatic heterocycles. The molecule has 0 bridgehead atoms. The van der Waals surface area contributed by atoms with Crippen molar-refractivity contribution in [2.75, 3.05) is 0 Å². The van der Waals surface area contributed by atoms with Crippen molar-refractivity contribution in [1.82, 2.24) is 0 Å². The smallest absolute Gasteiger partial charge is 0.743 e. The maximum absolute atomic E-state index is 12.7. The van der Waals surface area contributed by atoms with Gasteiger partial charge in [-0.15, -0.1) is 0 Å². The molecule has 0 atom stereocenters.